The molecule has 0 radical (unpaired) electrons. The summed E-state index contributed by atoms with van der Waals surface area (Å²) < 4.78 is 2.05. The molecule has 0 atom stereocenters. The van der Waals surface area contributed by atoms with Crippen molar-refractivity contribution in [3.63, 3.8) is 0 Å². The Morgan fingerprint density at radius 1 is 1.13 bits per heavy atom. The molecule has 1 saturated heterocycles. The smallest absolute Gasteiger partial charge is 0.329 e. The van der Waals surface area contributed by atoms with Crippen molar-refractivity contribution < 1.29 is 9.59 Å². The molecule has 0 spiro atoms. The average Bonchev–Trinajstić information content (AvgIpc) is 2.94. The van der Waals surface area contributed by atoms with Gasteiger partial charge in [0.05, 0.1) is 6.54 Å². The number of hydrogen-bond donors (Lipinski definition) is 1. The van der Waals surface area contributed by atoms with E-state index in [0.717, 1.165) is 22.5 Å². The van der Waals surface area contributed by atoms with E-state index in [1.165, 1.54) is 4.90 Å². The Kier molecular flexibility index (Phi) is 3.78. The van der Waals surface area contributed by atoms with Crippen molar-refractivity contribution >= 4 is 18.0 Å². The molecule has 1 aliphatic heterocycles. The van der Waals surface area contributed by atoms with Crippen LogP contribution in [0.2, 0.25) is 0 Å². The summed E-state index contributed by atoms with van der Waals surface area (Å²) in [4.78, 5) is 25.8. The van der Waals surface area contributed by atoms with Gasteiger partial charge < -0.3 is 9.88 Å². The molecule has 3 rings (SSSR count). The first-order valence-corrected chi connectivity index (χ1v) is 7.49. The Bertz CT molecular complexity index is 803. The molecule has 1 fully saturated rings. The third kappa shape index (κ3) is 2.77. The Balaban J connectivity index is 1.86. The van der Waals surface area contributed by atoms with Gasteiger partial charge in [-0.1, -0.05) is 30.3 Å². The Labute approximate surface area is 135 Å². The summed E-state index contributed by atoms with van der Waals surface area (Å²) in [6.07, 6.45) is 1.74. The van der Waals surface area contributed by atoms with Crippen molar-refractivity contribution in [3.05, 3.63) is 64.6 Å². The number of imide groups is 1. The summed E-state index contributed by atoms with van der Waals surface area (Å²) in [5.41, 5.74) is 4.34. The number of carbonyl (C=O) groups excluding carboxylic acids is 2. The van der Waals surface area contributed by atoms with E-state index in [4.69, 9.17) is 0 Å². The third-order valence-corrected chi connectivity index (χ3v) is 4.26. The number of urea groups is 1. The Morgan fingerprint density at radius 3 is 2.43 bits per heavy atom. The number of rotatable bonds is 3. The molecule has 118 valence electrons. The summed E-state index contributed by atoms with van der Waals surface area (Å²) in [5.74, 6) is -0.292. The number of aryl methyl sites for hydroxylation is 1. The minimum absolute atomic E-state index is 0.273. The standard InChI is InChI=1S/C18H19N3O2/c1-12-9-15(13(2)20(12)3)10-16-17(22)21(18(23)19-16)11-14-7-5-4-6-8-14/h4-10H,11H2,1-3H3,(H,19,23)/b16-10+. The van der Waals surface area contributed by atoms with Crippen LogP contribution < -0.4 is 5.32 Å². The van der Waals surface area contributed by atoms with E-state index in [-0.39, 0.29) is 18.5 Å². The van der Waals surface area contributed by atoms with Gasteiger partial charge in [0.15, 0.2) is 0 Å². The molecule has 0 unspecified atom stereocenters. The van der Waals surface area contributed by atoms with Crippen LogP contribution in [0.15, 0.2) is 42.1 Å². The van der Waals surface area contributed by atoms with E-state index in [1.54, 1.807) is 6.08 Å². The van der Waals surface area contributed by atoms with Gasteiger partial charge in [-0.3, -0.25) is 9.69 Å². The average molecular weight is 309 g/mol. The zero-order valence-electron chi connectivity index (χ0n) is 13.5. The molecule has 5 heteroatoms. The molecular formula is C18H19N3O2. The predicted molar refractivity (Wildman–Crippen MR) is 88.4 cm³/mol. The molecule has 0 saturated carbocycles. The highest BCUT2D eigenvalue weighted by Crippen LogP contribution is 2.20. The first-order valence-electron chi connectivity index (χ1n) is 7.49. The maximum Gasteiger partial charge on any atom is 0.329 e. The number of benzene rings is 1. The minimum atomic E-state index is -0.379. The van der Waals surface area contributed by atoms with Crippen LogP contribution in [0, 0.1) is 13.8 Å². The first kappa shape index (κ1) is 15.1. The van der Waals surface area contributed by atoms with Gasteiger partial charge in [-0.15, -0.1) is 0 Å². The normalized spacial score (nSPS) is 16.3. The van der Waals surface area contributed by atoms with Crippen molar-refractivity contribution in [2.45, 2.75) is 20.4 Å². The van der Waals surface area contributed by atoms with Gasteiger partial charge in [0.2, 0.25) is 0 Å². The summed E-state index contributed by atoms with van der Waals surface area (Å²) in [6.45, 7) is 4.27. The number of nitrogens with zero attached hydrogens (tertiary/aromatic N) is 2. The summed E-state index contributed by atoms with van der Waals surface area (Å²) in [6, 6.07) is 11.1. The lowest BCUT2D eigenvalue weighted by molar-refractivity contribution is -0.123. The quantitative estimate of drug-likeness (QED) is 0.700. The maximum atomic E-state index is 12.5. The molecular weight excluding hydrogens is 290 g/mol. The van der Waals surface area contributed by atoms with Gasteiger partial charge in [0, 0.05) is 18.4 Å². The summed E-state index contributed by atoms with van der Waals surface area (Å²) in [7, 11) is 1.98. The molecule has 1 N–H and O–H groups in total. The zero-order chi connectivity index (χ0) is 16.6. The molecule has 2 heterocycles. The van der Waals surface area contributed by atoms with Crippen molar-refractivity contribution in [1.29, 1.82) is 0 Å². The number of carbonyl (C=O) groups is 2. The second-order valence-electron chi connectivity index (χ2n) is 5.75. The third-order valence-electron chi connectivity index (χ3n) is 4.26. The number of nitrogens with one attached hydrogen (secondary N) is 1. The number of hydrogen-bond acceptors (Lipinski definition) is 2. The summed E-state index contributed by atoms with van der Waals surface area (Å²) >= 11 is 0. The maximum absolute atomic E-state index is 12.5. The highest BCUT2D eigenvalue weighted by molar-refractivity contribution is 6.13. The Morgan fingerprint density at radius 2 is 1.83 bits per heavy atom. The van der Waals surface area contributed by atoms with Crippen LogP contribution in [0.1, 0.15) is 22.5 Å². The fourth-order valence-corrected chi connectivity index (χ4v) is 2.67. The van der Waals surface area contributed by atoms with Crippen molar-refractivity contribution in [1.82, 2.24) is 14.8 Å². The number of aromatic nitrogens is 1. The van der Waals surface area contributed by atoms with E-state index in [2.05, 4.69) is 9.88 Å². The summed E-state index contributed by atoms with van der Waals surface area (Å²) in [5, 5.41) is 2.67. The second kappa shape index (κ2) is 5.76. The van der Waals surface area contributed by atoms with Crippen LogP contribution in [-0.2, 0) is 18.4 Å². The van der Waals surface area contributed by atoms with Crippen molar-refractivity contribution in [2.75, 3.05) is 0 Å². The van der Waals surface area contributed by atoms with Gasteiger partial charge >= 0.3 is 6.03 Å². The monoisotopic (exact) mass is 309 g/mol. The molecule has 1 aromatic carbocycles. The first-order chi connectivity index (χ1) is 11.0. The van der Waals surface area contributed by atoms with Crippen LogP contribution >= 0.6 is 0 Å². The van der Waals surface area contributed by atoms with E-state index in [9.17, 15) is 9.59 Å². The zero-order valence-corrected chi connectivity index (χ0v) is 13.5. The topological polar surface area (TPSA) is 54.3 Å². The minimum Gasteiger partial charge on any atom is -0.352 e. The molecule has 1 aromatic heterocycles. The van der Waals surface area contributed by atoms with E-state index in [0.29, 0.717) is 5.70 Å². The lowest BCUT2D eigenvalue weighted by atomic mass is 10.2. The van der Waals surface area contributed by atoms with Gasteiger partial charge in [-0.25, -0.2) is 4.79 Å². The van der Waals surface area contributed by atoms with Crippen LogP contribution in [0.4, 0.5) is 4.79 Å². The fraction of sp³-hybridized carbons (Fsp3) is 0.222. The second-order valence-corrected chi connectivity index (χ2v) is 5.75. The predicted octanol–water partition coefficient (Wildman–Crippen LogP) is 2.73. The largest absolute Gasteiger partial charge is 0.352 e. The van der Waals surface area contributed by atoms with E-state index >= 15 is 0 Å². The molecule has 0 aliphatic carbocycles. The van der Waals surface area contributed by atoms with Crippen LogP contribution in [0.25, 0.3) is 6.08 Å². The van der Waals surface area contributed by atoms with Crippen LogP contribution in [-0.4, -0.2) is 21.4 Å². The molecule has 2 aromatic rings. The van der Waals surface area contributed by atoms with Crippen molar-refractivity contribution in [2.24, 2.45) is 7.05 Å². The molecule has 5 nitrogen and oxygen atoms in total. The highest BCUT2D eigenvalue weighted by Gasteiger charge is 2.33. The van der Waals surface area contributed by atoms with Gasteiger partial charge in [-0.2, -0.15) is 0 Å². The van der Waals surface area contributed by atoms with Gasteiger partial charge in [0.1, 0.15) is 5.70 Å². The highest BCUT2D eigenvalue weighted by atomic mass is 16.2. The lowest BCUT2D eigenvalue weighted by Gasteiger charge is -2.11. The Hall–Kier alpha value is -2.82. The number of amides is 3. The van der Waals surface area contributed by atoms with E-state index < -0.39 is 0 Å². The van der Waals surface area contributed by atoms with Crippen LogP contribution in [0.5, 0.6) is 0 Å². The fourth-order valence-electron chi connectivity index (χ4n) is 2.67. The SMILES string of the molecule is Cc1cc(/C=C2/NC(=O)N(Cc3ccccc3)C2=O)c(C)n1C. The molecule has 23 heavy (non-hydrogen) atoms. The lowest BCUT2D eigenvalue weighted by Crippen LogP contribution is -2.30. The van der Waals surface area contributed by atoms with Gasteiger partial charge in [-0.05, 0) is 37.1 Å². The van der Waals surface area contributed by atoms with Crippen molar-refractivity contribution in [3.8, 4) is 0 Å². The molecule has 1 aliphatic rings. The van der Waals surface area contributed by atoms with E-state index in [1.807, 2.05) is 57.3 Å². The molecule has 3 amide bonds. The molecule has 0 bridgehead atoms. The van der Waals surface area contributed by atoms with Crippen LogP contribution in [0.3, 0.4) is 0 Å². The van der Waals surface area contributed by atoms with Gasteiger partial charge in [0.25, 0.3) is 5.91 Å².